The van der Waals surface area contributed by atoms with Gasteiger partial charge in [-0.3, -0.25) is 9.59 Å². The van der Waals surface area contributed by atoms with Gasteiger partial charge in [0.2, 0.25) is 0 Å². The van der Waals surface area contributed by atoms with Crippen LogP contribution in [0.5, 0.6) is 5.75 Å². The largest absolute Gasteiger partial charge is 0.489 e. The molecule has 0 fully saturated rings. The Morgan fingerprint density at radius 3 is 2.50 bits per heavy atom. The molecule has 0 aliphatic carbocycles. The summed E-state index contributed by atoms with van der Waals surface area (Å²) in [4.78, 5) is 23.9. The van der Waals surface area contributed by atoms with Crippen LogP contribution in [0.1, 0.15) is 11.1 Å². The highest BCUT2D eigenvalue weighted by Crippen LogP contribution is 2.29. The highest BCUT2D eigenvalue weighted by Gasteiger charge is 2.15. The fourth-order valence-electron chi connectivity index (χ4n) is 2.42. The van der Waals surface area contributed by atoms with Crippen molar-refractivity contribution in [3.8, 4) is 5.75 Å². The molecule has 0 unspecified atom stereocenters. The molecule has 0 aliphatic heterocycles. The second-order valence-electron chi connectivity index (χ2n) is 6.10. The lowest BCUT2D eigenvalue weighted by Crippen LogP contribution is -2.32. The van der Waals surface area contributed by atoms with E-state index in [9.17, 15) is 9.59 Å². The van der Waals surface area contributed by atoms with Crippen molar-refractivity contribution < 1.29 is 14.3 Å². The van der Waals surface area contributed by atoms with E-state index in [0.717, 1.165) is 5.56 Å². The van der Waals surface area contributed by atoms with Crippen molar-refractivity contribution in [3.05, 3.63) is 94.0 Å². The van der Waals surface area contributed by atoms with Crippen molar-refractivity contribution in [3.63, 3.8) is 0 Å². The molecule has 0 atom stereocenters. The van der Waals surface area contributed by atoms with Crippen molar-refractivity contribution in [2.75, 3.05) is 5.32 Å². The molecule has 0 radical (unpaired) electrons. The average molecular weight is 442 g/mol. The molecule has 0 heterocycles. The predicted octanol–water partition coefficient (Wildman–Crippen LogP) is 4.66. The molecule has 0 saturated carbocycles. The molecule has 152 valence electrons. The Bertz CT molecular complexity index is 1070. The summed E-state index contributed by atoms with van der Waals surface area (Å²) >= 11 is 11.9. The van der Waals surface area contributed by atoms with Gasteiger partial charge in [0, 0.05) is 0 Å². The zero-order chi connectivity index (χ0) is 21.3. The highest BCUT2D eigenvalue weighted by molar-refractivity contribution is 6.45. The van der Waals surface area contributed by atoms with Gasteiger partial charge >= 0.3 is 11.8 Å². The molecule has 0 aliphatic rings. The number of hydrogen-bond acceptors (Lipinski definition) is 4. The Morgan fingerprint density at radius 2 is 1.70 bits per heavy atom. The standard InChI is InChI=1S/C22H17Cl2N3O3/c23-18-10-5-11-19(20(18)24)26-21(28)22(29)27-25-13-16-8-4-9-17(12-16)30-14-15-6-2-1-3-7-15/h1-13H,14H2,(H,26,28)(H,27,29)/b25-13+. The molecule has 3 aromatic rings. The second kappa shape index (κ2) is 10.4. The maximum Gasteiger partial charge on any atom is 0.329 e. The normalized spacial score (nSPS) is 10.6. The van der Waals surface area contributed by atoms with E-state index in [1.165, 1.54) is 12.3 Å². The third-order valence-corrected chi connectivity index (χ3v) is 4.71. The Hall–Kier alpha value is -3.35. The van der Waals surface area contributed by atoms with E-state index in [1.54, 1.807) is 30.3 Å². The minimum Gasteiger partial charge on any atom is -0.489 e. The second-order valence-corrected chi connectivity index (χ2v) is 6.89. The van der Waals surface area contributed by atoms with Gasteiger partial charge in [-0.25, -0.2) is 5.43 Å². The summed E-state index contributed by atoms with van der Waals surface area (Å²) in [5.41, 5.74) is 4.14. The lowest BCUT2D eigenvalue weighted by atomic mass is 10.2. The zero-order valence-corrected chi connectivity index (χ0v) is 17.2. The lowest BCUT2D eigenvalue weighted by Gasteiger charge is -2.07. The van der Waals surface area contributed by atoms with Gasteiger partial charge in [-0.05, 0) is 35.4 Å². The molecule has 2 N–H and O–H groups in total. The van der Waals surface area contributed by atoms with E-state index < -0.39 is 11.8 Å². The number of benzene rings is 3. The van der Waals surface area contributed by atoms with Crippen LogP contribution in [0.15, 0.2) is 77.9 Å². The molecule has 0 aromatic heterocycles. The van der Waals surface area contributed by atoms with Crippen LogP contribution in [-0.2, 0) is 16.2 Å². The van der Waals surface area contributed by atoms with Crippen LogP contribution in [0.2, 0.25) is 10.0 Å². The summed E-state index contributed by atoms with van der Waals surface area (Å²) in [5, 5.41) is 6.60. The fourth-order valence-corrected chi connectivity index (χ4v) is 2.77. The number of ether oxygens (including phenoxy) is 1. The molecule has 0 spiro atoms. The van der Waals surface area contributed by atoms with Crippen molar-refractivity contribution in [2.45, 2.75) is 6.61 Å². The van der Waals surface area contributed by atoms with E-state index in [2.05, 4.69) is 15.8 Å². The van der Waals surface area contributed by atoms with Crippen LogP contribution in [0, 0.1) is 0 Å². The minimum atomic E-state index is -0.946. The lowest BCUT2D eigenvalue weighted by molar-refractivity contribution is -0.136. The van der Waals surface area contributed by atoms with Gasteiger partial charge in [0.05, 0.1) is 21.9 Å². The summed E-state index contributed by atoms with van der Waals surface area (Å²) < 4.78 is 5.75. The van der Waals surface area contributed by atoms with Gasteiger partial charge < -0.3 is 10.1 Å². The zero-order valence-electron chi connectivity index (χ0n) is 15.6. The van der Waals surface area contributed by atoms with Crippen LogP contribution in [0.3, 0.4) is 0 Å². The molecular formula is C22H17Cl2N3O3. The molecule has 0 saturated heterocycles. The molecule has 3 aromatic carbocycles. The van der Waals surface area contributed by atoms with Gasteiger partial charge in [0.15, 0.2) is 0 Å². The van der Waals surface area contributed by atoms with E-state index in [0.29, 0.717) is 17.9 Å². The van der Waals surface area contributed by atoms with Gasteiger partial charge in [-0.2, -0.15) is 5.10 Å². The summed E-state index contributed by atoms with van der Waals surface area (Å²) in [7, 11) is 0. The SMILES string of the molecule is O=C(N/N=C/c1cccc(OCc2ccccc2)c1)C(=O)Nc1cccc(Cl)c1Cl. The summed E-state index contributed by atoms with van der Waals surface area (Å²) in [5.74, 6) is -1.21. The first-order chi connectivity index (χ1) is 14.5. The number of hydrazone groups is 1. The Balaban J connectivity index is 1.53. The average Bonchev–Trinajstić information content (AvgIpc) is 2.76. The van der Waals surface area contributed by atoms with Crippen molar-refractivity contribution in [2.24, 2.45) is 5.10 Å². The number of nitrogens with zero attached hydrogens (tertiary/aromatic N) is 1. The molecule has 2 amide bonds. The maximum atomic E-state index is 12.0. The fraction of sp³-hybridized carbons (Fsp3) is 0.0455. The summed E-state index contributed by atoms with van der Waals surface area (Å²) in [6, 6.07) is 21.7. The third-order valence-electron chi connectivity index (χ3n) is 3.89. The van der Waals surface area contributed by atoms with Crippen LogP contribution in [0.4, 0.5) is 5.69 Å². The topological polar surface area (TPSA) is 79.8 Å². The first-order valence-corrected chi connectivity index (χ1v) is 9.64. The molecule has 6 nitrogen and oxygen atoms in total. The van der Waals surface area contributed by atoms with Crippen LogP contribution in [0.25, 0.3) is 0 Å². The Labute approximate surface area is 183 Å². The Morgan fingerprint density at radius 1 is 0.933 bits per heavy atom. The van der Waals surface area contributed by atoms with Gasteiger partial charge in [0.25, 0.3) is 0 Å². The first kappa shape index (κ1) is 21.4. The molecule has 8 heteroatoms. The van der Waals surface area contributed by atoms with Crippen molar-refractivity contribution >= 4 is 46.9 Å². The number of rotatable bonds is 6. The number of carbonyl (C=O) groups excluding carboxylic acids is 2. The summed E-state index contributed by atoms with van der Waals surface area (Å²) in [6.07, 6.45) is 1.41. The van der Waals surface area contributed by atoms with Crippen LogP contribution < -0.4 is 15.5 Å². The maximum absolute atomic E-state index is 12.0. The number of halogens is 2. The first-order valence-electron chi connectivity index (χ1n) is 8.88. The number of anilines is 1. The van der Waals surface area contributed by atoms with E-state index >= 15 is 0 Å². The smallest absolute Gasteiger partial charge is 0.329 e. The summed E-state index contributed by atoms with van der Waals surface area (Å²) in [6.45, 7) is 0.435. The minimum absolute atomic E-state index is 0.149. The number of hydrogen-bond donors (Lipinski definition) is 2. The molecular weight excluding hydrogens is 425 g/mol. The third kappa shape index (κ3) is 6.07. The van der Waals surface area contributed by atoms with Gasteiger partial charge in [-0.15, -0.1) is 0 Å². The molecule has 0 bridgehead atoms. The number of nitrogens with one attached hydrogen (secondary N) is 2. The number of amides is 2. The van der Waals surface area contributed by atoms with Crippen molar-refractivity contribution in [1.29, 1.82) is 0 Å². The quantitative estimate of drug-likeness (QED) is 0.331. The van der Waals surface area contributed by atoms with E-state index in [1.807, 2.05) is 36.4 Å². The molecule has 30 heavy (non-hydrogen) atoms. The van der Waals surface area contributed by atoms with Crippen molar-refractivity contribution in [1.82, 2.24) is 5.43 Å². The van der Waals surface area contributed by atoms with Crippen LogP contribution >= 0.6 is 23.2 Å². The van der Waals surface area contributed by atoms with Crippen LogP contribution in [-0.4, -0.2) is 18.0 Å². The highest BCUT2D eigenvalue weighted by atomic mass is 35.5. The van der Waals surface area contributed by atoms with E-state index in [-0.39, 0.29) is 15.7 Å². The predicted molar refractivity (Wildman–Crippen MR) is 118 cm³/mol. The number of carbonyl (C=O) groups is 2. The van der Waals surface area contributed by atoms with Gasteiger partial charge in [0.1, 0.15) is 12.4 Å². The van der Waals surface area contributed by atoms with E-state index in [4.69, 9.17) is 27.9 Å². The molecule has 3 rings (SSSR count). The Kier molecular flexibility index (Phi) is 7.43. The van der Waals surface area contributed by atoms with Gasteiger partial charge in [-0.1, -0.05) is 71.7 Å². The monoisotopic (exact) mass is 441 g/mol.